The van der Waals surface area contributed by atoms with Gasteiger partial charge in [-0.3, -0.25) is 9.59 Å². The Balaban J connectivity index is 2.62. The van der Waals surface area contributed by atoms with Crippen LogP contribution in [0.3, 0.4) is 0 Å². The lowest BCUT2D eigenvalue weighted by Gasteiger charge is -2.36. The number of terminal acetylenes is 1. The van der Waals surface area contributed by atoms with E-state index in [4.69, 9.17) is 22.8 Å². The van der Waals surface area contributed by atoms with E-state index in [9.17, 15) is 14.4 Å². The quantitative estimate of drug-likeness (QED) is 0.329. The Morgan fingerprint density at radius 1 is 1.10 bits per heavy atom. The van der Waals surface area contributed by atoms with E-state index in [2.05, 4.69) is 16.6 Å². The Bertz CT molecular complexity index is 1190. The van der Waals surface area contributed by atoms with Gasteiger partial charge in [0.05, 0.1) is 10.7 Å². The SMILES string of the molecule is C#Cc1ccccc1C(C(=O)Nc1c(C)cccc1Cl)N(CCCC)C(=O)C(NC(=O)OC(C)(C)C)C(C)C. The summed E-state index contributed by atoms with van der Waals surface area (Å²) in [5.41, 5.74) is 1.49. The lowest BCUT2D eigenvalue weighted by molar-refractivity contribution is -0.141. The number of nitrogens with zero attached hydrogens (tertiary/aromatic N) is 1. The molecule has 3 amide bonds. The zero-order chi connectivity index (χ0) is 29.3. The highest BCUT2D eigenvalue weighted by atomic mass is 35.5. The Hall–Kier alpha value is -3.50. The van der Waals surface area contributed by atoms with Gasteiger partial charge in [-0.05, 0) is 63.3 Å². The lowest BCUT2D eigenvalue weighted by atomic mass is 9.95. The van der Waals surface area contributed by atoms with Crippen molar-refractivity contribution in [2.24, 2.45) is 5.92 Å². The van der Waals surface area contributed by atoms with Gasteiger partial charge < -0.3 is 20.3 Å². The van der Waals surface area contributed by atoms with Crippen molar-refractivity contribution in [1.82, 2.24) is 10.2 Å². The van der Waals surface area contributed by atoms with Gasteiger partial charge in [0.25, 0.3) is 5.91 Å². The van der Waals surface area contributed by atoms with Gasteiger partial charge >= 0.3 is 6.09 Å². The fourth-order valence-electron chi connectivity index (χ4n) is 4.12. The summed E-state index contributed by atoms with van der Waals surface area (Å²) in [6.07, 6.45) is 6.53. The van der Waals surface area contributed by atoms with Crippen LogP contribution >= 0.6 is 11.6 Å². The molecule has 0 fully saturated rings. The maximum Gasteiger partial charge on any atom is 0.408 e. The summed E-state index contributed by atoms with van der Waals surface area (Å²) >= 11 is 6.42. The monoisotopic (exact) mass is 553 g/mol. The van der Waals surface area contributed by atoms with Gasteiger partial charge in [-0.1, -0.05) is 75.0 Å². The van der Waals surface area contributed by atoms with Gasteiger partial charge in [0, 0.05) is 12.1 Å². The van der Waals surface area contributed by atoms with E-state index in [1.165, 1.54) is 4.90 Å². The molecule has 0 aliphatic carbocycles. The molecule has 7 nitrogen and oxygen atoms in total. The topological polar surface area (TPSA) is 87.7 Å². The van der Waals surface area contributed by atoms with Gasteiger partial charge in [-0.2, -0.15) is 0 Å². The first-order valence-electron chi connectivity index (χ1n) is 13.2. The number of hydrogen-bond acceptors (Lipinski definition) is 4. The number of rotatable bonds is 10. The molecule has 0 heterocycles. The number of anilines is 1. The molecule has 0 saturated carbocycles. The summed E-state index contributed by atoms with van der Waals surface area (Å²) in [6, 6.07) is 10.4. The largest absolute Gasteiger partial charge is 0.444 e. The molecule has 39 heavy (non-hydrogen) atoms. The van der Waals surface area contributed by atoms with E-state index in [0.29, 0.717) is 28.3 Å². The molecule has 0 bridgehead atoms. The number of aryl methyl sites for hydroxylation is 1. The zero-order valence-corrected chi connectivity index (χ0v) is 24.7. The second-order valence-corrected chi connectivity index (χ2v) is 11.2. The molecule has 2 unspecified atom stereocenters. The Morgan fingerprint density at radius 3 is 2.33 bits per heavy atom. The van der Waals surface area contributed by atoms with Gasteiger partial charge in [0.2, 0.25) is 5.91 Å². The van der Waals surface area contributed by atoms with Gasteiger partial charge in [-0.25, -0.2) is 4.79 Å². The fourth-order valence-corrected chi connectivity index (χ4v) is 4.39. The second-order valence-electron chi connectivity index (χ2n) is 10.8. The van der Waals surface area contributed by atoms with Crippen LogP contribution in [0, 0.1) is 25.2 Å². The first kappa shape index (κ1) is 31.7. The molecule has 0 spiro atoms. The van der Waals surface area contributed by atoms with Gasteiger partial charge in [0.1, 0.15) is 17.7 Å². The van der Waals surface area contributed by atoms with Crippen LogP contribution in [0.15, 0.2) is 42.5 Å². The van der Waals surface area contributed by atoms with E-state index >= 15 is 0 Å². The number of carbonyl (C=O) groups is 3. The number of unbranched alkanes of at least 4 members (excludes halogenated alkanes) is 1. The number of alkyl carbamates (subject to hydrolysis) is 1. The number of nitrogens with one attached hydrogen (secondary N) is 2. The van der Waals surface area contributed by atoms with Crippen molar-refractivity contribution in [2.75, 3.05) is 11.9 Å². The fraction of sp³-hybridized carbons (Fsp3) is 0.452. The van der Waals surface area contributed by atoms with E-state index in [-0.39, 0.29) is 12.5 Å². The van der Waals surface area contributed by atoms with Crippen molar-refractivity contribution in [3.05, 3.63) is 64.2 Å². The molecule has 8 heteroatoms. The molecule has 210 valence electrons. The standard InChI is InChI=1S/C31H40ClN3O4/c1-9-11-19-35(29(37)25(20(3)4)34-30(38)39-31(6,7)8)27(23-17-13-12-16-22(23)10-2)28(36)33-26-21(5)15-14-18-24(26)32/h2,12-18,20,25,27H,9,11,19H2,1,3-8H3,(H,33,36)(H,34,38). The van der Waals surface area contributed by atoms with Crippen LogP contribution in [0.1, 0.15) is 77.1 Å². The maximum atomic E-state index is 14.2. The molecule has 2 atom stereocenters. The minimum atomic E-state index is -1.08. The average molecular weight is 554 g/mol. The smallest absolute Gasteiger partial charge is 0.408 e. The van der Waals surface area contributed by atoms with Crippen molar-refractivity contribution >= 4 is 35.2 Å². The van der Waals surface area contributed by atoms with Crippen LogP contribution in [0.4, 0.5) is 10.5 Å². The first-order chi connectivity index (χ1) is 18.3. The lowest BCUT2D eigenvalue weighted by Crippen LogP contribution is -2.54. The van der Waals surface area contributed by atoms with E-state index in [0.717, 1.165) is 12.0 Å². The normalized spacial score (nSPS) is 12.7. The third-order valence-electron chi connectivity index (χ3n) is 6.08. The van der Waals surface area contributed by atoms with E-state index in [1.807, 2.05) is 33.8 Å². The minimum Gasteiger partial charge on any atom is -0.444 e. The number of benzene rings is 2. The van der Waals surface area contributed by atoms with E-state index < -0.39 is 35.6 Å². The second kappa shape index (κ2) is 14.0. The number of para-hydroxylation sites is 1. The first-order valence-corrected chi connectivity index (χ1v) is 13.6. The molecule has 0 aliphatic heterocycles. The Morgan fingerprint density at radius 2 is 1.77 bits per heavy atom. The molecule has 2 aromatic rings. The molecule has 0 radical (unpaired) electrons. The van der Waals surface area contributed by atoms with Crippen LogP contribution in [0.25, 0.3) is 0 Å². The van der Waals surface area contributed by atoms with Crippen LogP contribution in [-0.4, -0.2) is 41.0 Å². The predicted molar refractivity (Wildman–Crippen MR) is 157 cm³/mol. The number of halogens is 1. The van der Waals surface area contributed by atoms with Gasteiger partial charge in [-0.15, -0.1) is 6.42 Å². The van der Waals surface area contributed by atoms with Crippen LogP contribution in [0.5, 0.6) is 0 Å². The zero-order valence-electron chi connectivity index (χ0n) is 23.9. The number of amides is 3. The molecule has 0 aromatic heterocycles. The van der Waals surface area contributed by atoms with Crippen LogP contribution in [-0.2, 0) is 14.3 Å². The molecule has 2 rings (SSSR count). The average Bonchev–Trinajstić information content (AvgIpc) is 2.85. The van der Waals surface area contributed by atoms with Crippen LogP contribution in [0.2, 0.25) is 5.02 Å². The molecule has 0 aliphatic rings. The summed E-state index contributed by atoms with van der Waals surface area (Å²) in [5.74, 6) is 1.49. The number of carbonyl (C=O) groups excluding carboxylic acids is 3. The highest BCUT2D eigenvalue weighted by molar-refractivity contribution is 6.34. The van der Waals surface area contributed by atoms with Crippen molar-refractivity contribution in [3.63, 3.8) is 0 Å². The summed E-state index contributed by atoms with van der Waals surface area (Å²) in [5, 5.41) is 6.04. The summed E-state index contributed by atoms with van der Waals surface area (Å²) < 4.78 is 5.42. The minimum absolute atomic E-state index is 0.271. The maximum absolute atomic E-state index is 14.2. The third-order valence-corrected chi connectivity index (χ3v) is 6.40. The van der Waals surface area contributed by atoms with Gasteiger partial charge in [0.15, 0.2) is 0 Å². The molecule has 0 saturated heterocycles. The Kier molecular flexibility index (Phi) is 11.4. The van der Waals surface area contributed by atoms with E-state index in [1.54, 1.807) is 57.2 Å². The highest BCUT2D eigenvalue weighted by Crippen LogP contribution is 2.31. The van der Waals surface area contributed by atoms with Crippen molar-refractivity contribution in [2.45, 2.75) is 79.0 Å². The molecular weight excluding hydrogens is 514 g/mol. The number of hydrogen-bond donors (Lipinski definition) is 2. The van der Waals surface area contributed by atoms with Crippen LogP contribution < -0.4 is 10.6 Å². The van der Waals surface area contributed by atoms with Crippen molar-refractivity contribution in [3.8, 4) is 12.3 Å². The molecule has 2 aromatic carbocycles. The Labute approximate surface area is 237 Å². The third kappa shape index (κ3) is 8.76. The summed E-state index contributed by atoms with van der Waals surface area (Å²) in [7, 11) is 0. The molecular formula is C31H40ClN3O4. The summed E-state index contributed by atoms with van der Waals surface area (Å²) in [4.78, 5) is 42.4. The highest BCUT2D eigenvalue weighted by Gasteiger charge is 2.38. The predicted octanol–water partition coefficient (Wildman–Crippen LogP) is 6.49. The summed E-state index contributed by atoms with van der Waals surface area (Å²) in [6.45, 7) is 13.0. The number of ether oxygens (including phenoxy) is 1. The van der Waals surface area contributed by atoms with Crippen molar-refractivity contribution < 1.29 is 19.1 Å². The molecule has 2 N–H and O–H groups in total. The van der Waals surface area contributed by atoms with Crippen molar-refractivity contribution in [1.29, 1.82) is 0 Å².